The minimum atomic E-state index is -0.141. The first-order valence-corrected chi connectivity index (χ1v) is 8.83. The van der Waals surface area contributed by atoms with Crippen molar-refractivity contribution in [3.63, 3.8) is 0 Å². The van der Waals surface area contributed by atoms with Crippen LogP contribution in [0.2, 0.25) is 5.02 Å². The Labute approximate surface area is 148 Å². The summed E-state index contributed by atoms with van der Waals surface area (Å²) in [6, 6.07) is 13.2. The molecule has 2 aliphatic heterocycles. The summed E-state index contributed by atoms with van der Waals surface area (Å²) in [5, 5.41) is 5.97. The largest absolute Gasteiger partial charge is 0.301 e. The van der Waals surface area contributed by atoms with Gasteiger partial charge in [0.05, 0.1) is 34.2 Å². The van der Waals surface area contributed by atoms with Gasteiger partial charge in [0, 0.05) is 11.2 Å². The maximum absolute atomic E-state index is 11.6. The zero-order valence-electron chi connectivity index (χ0n) is 12.5. The Bertz CT molecular complexity index is 835. The number of hydrogen-bond donors (Lipinski definition) is 1. The van der Waals surface area contributed by atoms with E-state index in [1.807, 2.05) is 42.5 Å². The van der Waals surface area contributed by atoms with Gasteiger partial charge in [-0.15, -0.1) is 0 Å². The molecule has 4 rings (SSSR count). The van der Waals surface area contributed by atoms with E-state index in [1.165, 1.54) is 11.8 Å². The van der Waals surface area contributed by atoms with Gasteiger partial charge in [0.2, 0.25) is 0 Å². The predicted molar refractivity (Wildman–Crippen MR) is 96.5 cm³/mol. The number of aliphatic imine (C=N–C) groups is 1. The number of pyridine rings is 1. The Morgan fingerprint density at radius 3 is 2.67 bits per heavy atom. The molecule has 5 nitrogen and oxygen atoms in total. The van der Waals surface area contributed by atoms with Gasteiger partial charge in [-0.05, 0) is 29.8 Å². The van der Waals surface area contributed by atoms with E-state index in [0.29, 0.717) is 10.8 Å². The van der Waals surface area contributed by atoms with Crippen molar-refractivity contribution in [3.8, 4) is 0 Å². The summed E-state index contributed by atoms with van der Waals surface area (Å²) in [6.07, 6.45) is 1.74. The summed E-state index contributed by atoms with van der Waals surface area (Å²) in [7, 11) is 0. The molecule has 0 fully saturated rings. The number of halogens is 1. The van der Waals surface area contributed by atoms with Gasteiger partial charge in [-0.2, -0.15) is 5.10 Å². The van der Waals surface area contributed by atoms with E-state index in [9.17, 15) is 4.79 Å². The fourth-order valence-corrected chi connectivity index (χ4v) is 3.91. The molecule has 0 spiro atoms. The summed E-state index contributed by atoms with van der Waals surface area (Å²) in [4.78, 5) is 20.2. The summed E-state index contributed by atoms with van der Waals surface area (Å²) < 4.78 is 0. The van der Waals surface area contributed by atoms with Crippen LogP contribution < -0.4 is 5.43 Å². The molecule has 1 aromatic heterocycles. The van der Waals surface area contributed by atoms with Gasteiger partial charge < -0.3 is 5.43 Å². The van der Waals surface area contributed by atoms with Gasteiger partial charge in [0.1, 0.15) is 0 Å². The number of nitrogens with one attached hydrogen (secondary N) is 1. The van der Waals surface area contributed by atoms with Crippen LogP contribution >= 0.6 is 23.4 Å². The maximum atomic E-state index is 11.6. The van der Waals surface area contributed by atoms with Crippen LogP contribution in [0.5, 0.6) is 0 Å². The molecule has 0 aliphatic carbocycles. The number of carbonyl (C=O) groups is 1. The van der Waals surface area contributed by atoms with Crippen LogP contribution in [-0.4, -0.2) is 27.4 Å². The average molecular weight is 357 g/mol. The van der Waals surface area contributed by atoms with E-state index in [0.717, 1.165) is 22.0 Å². The molecule has 1 aromatic carbocycles. The molecule has 7 heteroatoms. The first kappa shape index (κ1) is 15.4. The summed E-state index contributed by atoms with van der Waals surface area (Å²) in [5.74, 6) is 0.143. The highest BCUT2D eigenvalue weighted by molar-refractivity contribution is 8.15. The quantitative estimate of drug-likeness (QED) is 0.917. The number of carbonyl (C=O) groups excluding carboxylic acids is 1. The van der Waals surface area contributed by atoms with E-state index in [1.54, 1.807) is 6.20 Å². The fourth-order valence-electron chi connectivity index (χ4n) is 2.85. The Hall–Kier alpha value is -2.18. The zero-order valence-corrected chi connectivity index (χ0v) is 14.1. The predicted octanol–water partition coefficient (Wildman–Crippen LogP) is 3.07. The Morgan fingerprint density at radius 2 is 2.00 bits per heavy atom. The molecule has 1 amide bonds. The van der Waals surface area contributed by atoms with E-state index < -0.39 is 0 Å². The highest BCUT2D eigenvalue weighted by Gasteiger charge is 2.40. The fraction of sp³-hybridized carbons (Fsp3) is 0.176. The third kappa shape index (κ3) is 2.83. The lowest BCUT2D eigenvalue weighted by Crippen LogP contribution is -2.28. The van der Waals surface area contributed by atoms with Crippen molar-refractivity contribution < 1.29 is 4.79 Å². The lowest BCUT2D eigenvalue weighted by molar-refractivity contribution is -0.115. The highest BCUT2D eigenvalue weighted by Crippen LogP contribution is 2.36. The van der Waals surface area contributed by atoms with Crippen molar-refractivity contribution in [2.24, 2.45) is 16.0 Å². The van der Waals surface area contributed by atoms with Gasteiger partial charge in [-0.25, -0.2) is 4.99 Å². The van der Waals surface area contributed by atoms with Crippen molar-refractivity contribution >= 4 is 40.0 Å². The molecule has 0 saturated heterocycles. The number of benzene rings is 1. The average Bonchev–Trinajstić information content (AvgIpc) is 3.22. The van der Waals surface area contributed by atoms with Crippen LogP contribution in [0, 0.1) is 5.92 Å². The molecular weight excluding hydrogens is 344 g/mol. The first-order valence-electron chi connectivity index (χ1n) is 7.46. The molecule has 2 aromatic rings. The monoisotopic (exact) mass is 356 g/mol. The van der Waals surface area contributed by atoms with E-state index in [2.05, 4.69) is 20.5 Å². The SMILES string of the molecule is O=C1CSC(C2C(c3ccccn3)=NNC2c2ccc(Cl)cc2)=N1. The third-order valence-electron chi connectivity index (χ3n) is 3.95. The zero-order chi connectivity index (χ0) is 16.5. The van der Waals surface area contributed by atoms with Crippen LogP contribution in [0.1, 0.15) is 17.3 Å². The second kappa shape index (κ2) is 6.37. The molecule has 1 N–H and O–H groups in total. The molecule has 120 valence electrons. The van der Waals surface area contributed by atoms with Gasteiger partial charge >= 0.3 is 0 Å². The van der Waals surface area contributed by atoms with Crippen molar-refractivity contribution in [1.82, 2.24) is 10.4 Å². The number of hydrazone groups is 1. The Kier molecular flexibility index (Phi) is 4.08. The molecule has 3 heterocycles. The third-order valence-corrected chi connectivity index (χ3v) is 5.24. The van der Waals surface area contributed by atoms with Crippen molar-refractivity contribution in [2.75, 3.05) is 5.75 Å². The highest BCUT2D eigenvalue weighted by atomic mass is 35.5. The number of rotatable bonds is 3. The number of aromatic nitrogens is 1. The van der Waals surface area contributed by atoms with Crippen LogP contribution in [0.15, 0.2) is 58.8 Å². The molecule has 2 unspecified atom stereocenters. The summed E-state index contributed by atoms with van der Waals surface area (Å²) >= 11 is 7.47. The molecule has 0 bridgehead atoms. The van der Waals surface area contributed by atoms with Gasteiger partial charge in [0.25, 0.3) is 5.91 Å². The number of hydrogen-bond acceptors (Lipinski definition) is 5. The lowest BCUT2D eigenvalue weighted by atomic mass is 9.90. The normalized spacial score (nSPS) is 23.0. The Balaban J connectivity index is 1.75. The number of nitrogens with zero attached hydrogens (tertiary/aromatic N) is 3. The Morgan fingerprint density at radius 1 is 1.17 bits per heavy atom. The molecule has 0 radical (unpaired) electrons. The maximum Gasteiger partial charge on any atom is 0.256 e. The molecule has 2 aliphatic rings. The molecular formula is C17H13ClN4OS. The molecule has 0 saturated carbocycles. The topological polar surface area (TPSA) is 66.7 Å². The van der Waals surface area contributed by atoms with Crippen LogP contribution in [0.3, 0.4) is 0 Å². The summed E-state index contributed by atoms with van der Waals surface area (Å²) in [6.45, 7) is 0. The van der Waals surface area contributed by atoms with Crippen LogP contribution in [-0.2, 0) is 4.79 Å². The molecule has 24 heavy (non-hydrogen) atoms. The standard InChI is InChI=1S/C17H13ClN4OS/c18-11-6-4-10(5-7-11)15-14(17-20-13(23)9-24-17)16(22-21-15)12-3-1-2-8-19-12/h1-8,14-15,21H,9H2. The second-order valence-corrected chi connectivity index (χ2v) is 6.91. The van der Waals surface area contributed by atoms with E-state index >= 15 is 0 Å². The van der Waals surface area contributed by atoms with Crippen molar-refractivity contribution in [3.05, 3.63) is 64.9 Å². The van der Waals surface area contributed by atoms with E-state index in [-0.39, 0.29) is 17.9 Å². The van der Waals surface area contributed by atoms with Gasteiger partial charge in [0.15, 0.2) is 0 Å². The van der Waals surface area contributed by atoms with Crippen molar-refractivity contribution in [1.29, 1.82) is 0 Å². The van der Waals surface area contributed by atoms with Crippen LogP contribution in [0.4, 0.5) is 0 Å². The second-order valence-electron chi connectivity index (χ2n) is 5.48. The minimum absolute atomic E-state index is 0.0999. The van der Waals surface area contributed by atoms with Gasteiger partial charge in [-0.1, -0.05) is 41.6 Å². The van der Waals surface area contributed by atoms with E-state index in [4.69, 9.17) is 11.6 Å². The number of amides is 1. The van der Waals surface area contributed by atoms with Crippen molar-refractivity contribution in [2.45, 2.75) is 6.04 Å². The molecule has 2 atom stereocenters. The smallest absolute Gasteiger partial charge is 0.256 e. The lowest BCUT2D eigenvalue weighted by Gasteiger charge is -2.20. The van der Waals surface area contributed by atoms with Crippen LogP contribution in [0.25, 0.3) is 0 Å². The minimum Gasteiger partial charge on any atom is -0.301 e. The number of thioether (sulfide) groups is 1. The first-order chi connectivity index (χ1) is 11.7. The van der Waals surface area contributed by atoms with Gasteiger partial charge in [-0.3, -0.25) is 9.78 Å². The summed E-state index contributed by atoms with van der Waals surface area (Å²) in [5.41, 5.74) is 5.81.